The number of aliphatic imine (C=N–C) groups is 1. The molecule has 1 aromatic rings. The number of rotatable bonds is 8. The predicted molar refractivity (Wildman–Crippen MR) is 120 cm³/mol. The highest BCUT2D eigenvalue weighted by molar-refractivity contribution is 14.0. The van der Waals surface area contributed by atoms with E-state index in [1.807, 2.05) is 24.0 Å². The van der Waals surface area contributed by atoms with Crippen molar-refractivity contribution >= 4 is 59.0 Å². The smallest absolute Gasteiger partial charge is 0.222 e. The van der Waals surface area contributed by atoms with Gasteiger partial charge >= 0.3 is 0 Å². The third-order valence-electron chi connectivity index (χ3n) is 4.00. The van der Waals surface area contributed by atoms with Gasteiger partial charge in [-0.1, -0.05) is 23.2 Å². The molecule has 146 valence electrons. The number of carbonyl (C=O) groups is 1. The first kappa shape index (κ1) is 23.3. The van der Waals surface area contributed by atoms with Gasteiger partial charge in [-0.3, -0.25) is 9.79 Å². The van der Waals surface area contributed by atoms with E-state index in [4.69, 9.17) is 23.2 Å². The van der Waals surface area contributed by atoms with Gasteiger partial charge in [-0.2, -0.15) is 0 Å². The standard InChI is InChI=1S/C18H26Cl2N4O.HI/c1-2-21-18(22-7-4-10-24-9-3-5-17(24)25)23-8-6-14-11-15(19)13-16(20)12-14;/h11-13H,2-10H2,1H3,(H2,21,22,23);1H. The Morgan fingerprint density at radius 3 is 2.58 bits per heavy atom. The minimum atomic E-state index is 0. The van der Waals surface area contributed by atoms with Crippen molar-refractivity contribution in [3.05, 3.63) is 33.8 Å². The molecular formula is C18H27Cl2IN4O. The molecule has 8 heteroatoms. The van der Waals surface area contributed by atoms with E-state index in [1.54, 1.807) is 6.07 Å². The van der Waals surface area contributed by atoms with E-state index in [9.17, 15) is 4.79 Å². The van der Waals surface area contributed by atoms with Crippen molar-refractivity contribution in [3.8, 4) is 0 Å². The maximum Gasteiger partial charge on any atom is 0.222 e. The summed E-state index contributed by atoms with van der Waals surface area (Å²) in [5.74, 6) is 1.07. The highest BCUT2D eigenvalue weighted by Crippen LogP contribution is 2.19. The van der Waals surface area contributed by atoms with Crippen LogP contribution in [-0.4, -0.2) is 49.5 Å². The summed E-state index contributed by atoms with van der Waals surface area (Å²) in [6, 6.07) is 5.58. The van der Waals surface area contributed by atoms with Crippen LogP contribution in [-0.2, 0) is 11.2 Å². The molecule has 1 amide bonds. The van der Waals surface area contributed by atoms with Crippen molar-refractivity contribution in [2.75, 3.05) is 32.7 Å². The molecule has 1 aromatic carbocycles. The number of hydrogen-bond acceptors (Lipinski definition) is 2. The van der Waals surface area contributed by atoms with Gasteiger partial charge < -0.3 is 15.5 Å². The van der Waals surface area contributed by atoms with E-state index in [0.29, 0.717) is 23.0 Å². The summed E-state index contributed by atoms with van der Waals surface area (Å²) in [6.07, 6.45) is 3.37. The first-order valence-corrected chi connectivity index (χ1v) is 9.59. The van der Waals surface area contributed by atoms with Crippen LogP contribution in [0.2, 0.25) is 10.0 Å². The molecule has 0 bridgehead atoms. The number of halogens is 3. The second-order valence-corrected chi connectivity index (χ2v) is 6.93. The van der Waals surface area contributed by atoms with E-state index in [2.05, 4.69) is 15.6 Å². The van der Waals surface area contributed by atoms with E-state index in [0.717, 1.165) is 57.0 Å². The van der Waals surface area contributed by atoms with Gasteiger partial charge in [0.1, 0.15) is 0 Å². The normalized spacial score (nSPS) is 14.3. The fourth-order valence-electron chi connectivity index (χ4n) is 2.82. The Kier molecular flexibility index (Phi) is 11.3. The van der Waals surface area contributed by atoms with Crippen LogP contribution in [0, 0.1) is 0 Å². The zero-order chi connectivity index (χ0) is 18.1. The molecule has 0 saturated carbocycles. The lowest BCUT2D eigenvalue weighted by atomic mass is 10.1. The quantitative estimate of drug-likeness (QED) is 0.241. The summed E-state index contributed by atoms with van der Waals surface area (Å²) in [5, 5.41) is 7.86. The molecule has 1 aliphatic heterocycles. The highest BCUT2D eigenvalue weighted by atomic mass is 127. The molecule has 5 nitrogen and oxygen atoms in total. The molecule has 1 fully saturated rings. The summed E-state index contributed by atoms with van der Waals surface area (Å²) >= 11 is 12.0. The molecule has 1 aliphatic rings. The van der Waals surface area contributed by atoms with E-state index >= 15 is 0 Å². The number of carbonyl (C=O) groups excluding carboxylic acids is 1. The maximum atomic E-state index is 11.6. The van der Waals surface area contributed by atoms with Crippen LogP contribution < -0.4 is 10.6 Å². The van der Waals surface area contributed by atoms with Crippen molar-refractivity contribution in [2.45, 2.75) is 32.6 Å². The van der Waals surface area contributed by atoms with Crippen LogP contribution >= 0.6 is 47.2 Å². The van der Waals surface area contributed by atoms with Crippen molar-refractivity contribution in [1.82, 2.24) is 15.5 Å². The van der Waals surface area contributed by atoms with Crippen LogP contribution in [0.3, 0.4) is 0 Å². The van der Waals surface area contributed by atoms with Crippen molar-refractivity contribution in [3.63, 3.8) is 0 Å². The zero-order valence-electron chi connectivity index (χ0n) is 15.1. The van der Waals surface area contributed by atoms with Gasteiger partial charge in [-0.25, -0.2) is 0 Å². The largest absolute Gasteiger partial charge is 0.357 e. The average Bonchev–Trinajstić information content (AvgIpc) is 2.95. The fourth-order valence-corrected chi connectivity index (χ4v) is 3.39. The molecule has 1 heterocycles. The second-order valence-electron chi connectivity index (χ2n) is 6.05. The molecule has 0 spiro atoms. The molecule has 26 heavy (non-hydrogen) atoms. The third-order valence-corrected chi connectivity index (χ3v) is 4.44. The lowest BCUT2D eigenvalue weighted by Gasteiger charge is -2.15. The monoisotopic (exact) mass is 512 g/mol. The third kappa shape index (κ3) is 8.31. The highest BCUT2D eigenvalue weighted by Gasteiger charge is 2.18. The van der Waals surface area contributed by atoms with Gasteiger partial charge in [0, 0.05) is 49.2 Å². The van der Waals surface area contributed by atoms with Crippen molar-refractivity contribution in [2.24, 2.45) is 4.99 Å². The minimum Gasteiger partial charge on any atom is -0.357 e. The molecule has 0 unspecified atom stereocenters. The minimum absolute atomic E-state index is 0. The molecular weight excluding hydrogens is 486 g/mol. The molecule has 2 rings (SSSR count). The van der Waals surface area contributed by atoms with Crippen LogP contribution in [0.5, 0.6) is 0 Å². The zero-order valence-corrected chi connectivity index (χ0v) is 18.9. The Labute approximate surface area is 182 Å². The van der Waals surface area contributed by atoms with Crippen LogP contribution in [0.4, 0.5) is 0 Å². The van der Waals surface area contributed by atoms with Crippen LogP contribution in [0.1, 0.15) is 31.7 Å². The summed E-state index contributed by atoms with van der Waals surface area (Å²) in [6.45, 7) is 5.97. The first-order chi connectivity index (χ1) is 12.1. The Bertz CT molecular complexity index is 593. The summed E-state index contributed by atoms with van der Waals surface area (Å²) < 4.78 is 0. The number of nitrogens with zero attached hydrogens (tertiary/aromatic N) is 2. The predicted octanol–water partition coefficient (Wildman–Crippen LogP) is 3.72. The molecule has 0 atom stereocenters. The SMILES string of the molecule is CCNC(=NCCCN1CCCC1=O)NCCc1cc(Cl)cc(Cl)c1.I. The lowest BCUT2D eigenvalue weighted by Crippen LogP contribution is -2.38. The van der Waals surface area contributed by atoms with Gasteiger partial charge in [0.15, 0.2) is 5.96 Å². The van der Waals surface area contributed by atoms with Gasteiger partial charge in [0.2, 0.25) is 5.91 Å². The summed E-state index contributed by atoms with van der Waals surface area (Å²) in [4.78, 5) is 18.1. The van der Waals surface area contributed by atoms with Crippen LogP contribution in [0.15, 0.2) is 23.2 Å². The molecule has 0 aliphatic carbocycles. The van der Waals surface area contributed by atoms with Crippen molar-refractivity contribution in [1.29, 1.82) is 0 Å². The van der Waals surface area contributed by atoms with Crippen molar-refractivity contribution < 1.29 is 4.79 Å². The summed E-state index contributed by atoms with van der Waals surface area (Å²) in [7, 11) is 0. The van der Waals surface area contributed by atoms with E-state index in [1.165, 1.54) is 0 Å². The number of guanidine groups is 1. The Balaban J connectivity index is 0.00000338. The Hall–Kier alpha value is -0.730. The second kappa shape index (κ2) is 12.6. The average molecular weight is 513 g/mol. The van der Waals surface area contributed by atoms with E-state index < -0.39 is 0 Å². The van der Waals surface area contributed by atoms with Gasteiger partial charge in [0.05, 0.1) is 0 Å². The molecule has 0 aromatic heterocycles. The Morgan fingerprint density at radius 1 is 1.23 bits per heavy atom. The number of likely N-dealkylation sites (tertiary alicyclic amines) is 1. The Morgan fingerprint density at radius 2 is 1.96 bits per heavy atom. The van der Waals surface area contributed by atoms with Gasteiger partial charge in [0.25, 0.3) is 0 Å². The first-order valence-electron chi connectivity index (χ1n) is 8.83. The number of benzene rings is 1. The lowest BCUT2D eigenvalue weighted by molar-refractivity contribution is -0.127. The summed E-state index contributed by atoms with van der Waals surface area (Å²) in [5.41, 5.74) is 1.09. The topological polar surface area (TPSA) is 56.7 Å². The van der Waals surface area contributed by atoms with Gasteiger partial charge in [-0.05, 0) is 49.9 Å². The number of nitrogens with one attached hydrogen (secondary N) is 2. The van der Waals surface area contributed by atoms with Crippen LogP contribution in [0.25, 0.3) is 0 Å². The molecule has 2 N–H and O–H groups in total. The molecule has 0 radical (unpaired) electrons. The van der Waals surface area contributed by atoms with Gasteiger partial charge in [-0.15, -0.1) is 24.0 Å². The maximum absolute atomic E-state index is 11.6. The van der Waals surface area contributed by atoms with E-state index in [-0.39, 0.29) is 29.9 Å². The molecule has 1 saturated heterocycles. The fraction of sp³-hybridized carbons (Fsp3) is 0.556. The number of hydrogen-bond donors (Lipinski definition) is 2. The number of amides is 1.